The van der Waals surface area contributed by atoms with Crippen molar-refractivity contribution in [3.8, 4) is 0 Å². The number of hydrogen-bond acceptors (Lipinski definition) is 4. The average Bonchev–Trinajstić information content (AvgIpc) is 3.03. The molecular weight excluding hydrogens is 380 g/mol. The third kappa shape index (κ3) is 3.79. The Balaban J connectivity index is 1.39. The third-order valence-corrected chi connectivity index (χ3v) is 9.90. The van der Waals surface area contributed by atoms with Crippen LogP contribution in [0.1, 0.15) is 71.6 Å². The minimum Gasteiger partial charge on any atom is -0.480 e. The molecule has 4 fully saturated rings. The van der Waals surface area contributed by atoms with Gasteiger partial charge >= 0.3 is 5.97 Å². The highest BCUT2D eigenvalue weighted by molar-refractivity contribution is 5.80. The molecule has 30 heavy (non-hydrogen) atoms. The molecule has 6 nitrogen and oxygen atoms in total. The minimum absolute atomic E-state index is 0.159. The van der Waals surface area contributed by atoms with E-state index in [1.807, 2.05) is 0 Å². The van der Waals surface area contributed by atoms with Crippen molar-refractivity contribution in [1.82, 2.24) is 10.6 Å². The second-order valence-electron chi connectivity index (χ2n) is 11.1. The maximum absolute atomic E-state index is 11.9. The molecule has 3 saturated carbocycles. The van der Waals surface area contributed by atoms with Crippen LogP contribution in [0.4, 0.5) is 0 Å². The van der Waals surface area contributed by atoms with E-state index in [0.717, 1.165) is 32.4 Å². The number of fused-ring (bicyclic) bond motifs is 5. The zero-order valence-corrected chi connectivity index (χ0v) is 18.7. The Morgan fingerprint density at radius 2 is 1.87 bits per heavy atom. The lowest BCUT2D eigenvalue weighted by Gasteiger charge is -2.62. The smallest absolute Gasteiger partial charge is 0.322 e. The lowest BCUT2D eigenvalue weighted by Crippen LogP contribution is -2.60. The van der Waals surface area contributed by atoms with Gasteiger partial charge in [0.25, 0.3) is 0 Å². The molecule has 1 heterocycles. The SMILES string of the molecule is C[C@]12CCC3[C@H](C1CCC2CCCC(=O)NCC(=O)O)[C@@H](O)C[C@@H]1CNCC[C@]31C. The van der Waals surface area contributed by atoms with Crippen LogP contribution < -0.4 is 10.6 Å². The molecule has 4 aliphatic rings. The van der Waals surface area contributed by atoms with E-state index in [1.165, 1.54) is 32.1 Å². The van der Waals surface area contributed by atoms with Crippen LogP contribution in [0.5, 0.6) is 0 Å². The van der Waals surface area contributed by atoms with E-state index in [-0.39, 0.29) is 24.0 Å². The molecule has 0 bridgehead atoms. The first-order valence-corrected chi connectivity index (χ1v) is 12.1. The highest BCUT2D eigenvalue weighted by Crippen LogP contribution is 2.66. The van der Waals surface area contributed by atoms with Crippen LogP contribution in [0, 0.1) is 40.4 Å². The van der Waals surface area contributed by atoms with Crippen LogP contribution >= 0.6 is 0 Å². The monoisotopic (exact) mass is 420 g/mol. The number of amides is 1. The summed E-state index contributed by atoms with van der Waals surface area (Å²) < 4.78 is 0. The van der Waals surface area contributed by atoms with Gasteiger partial charge in [0.05, 0.1) is 6.10 Å². The molecule has 3 unspecified atom stereocenters. The molecule has 1 amide bonds. The largest absolute Gasteiger partial charge is 0.480 e. The fourth-order valence-corrected chi connectivity index (χ4v) is 8.22. The number of carboxylic acid groups (broad SMARTS) is 1. The van der Waals surface area contributed by atoms with E-state index in [4.69, 9.17) is 5.11 Å². The summed E-state index contributed by atoms with van der Waals surface area (Å²) in [5.74, 6) is 1.74. The molecule has 0 radical (unpaired) electrons. The second-order valence-corrected chi connectivity index (χ2v) is 11.1. The van der Waals surface area contributed by atoms with E-state index < -0.39 is 5.97 Å². The van der Waals surface area contributed by atoms with Crippen LogP contribution in [-0.4, -0.2) is 47.8 Å². The molecule has 4 N–H and O–H groups in total. The van der Waals surface area contributed by atoms with Crippen LogP contribution in [0.15, 0.2) is 0 Å². The molecule has 0 aromatic heterocycles. The summed E-state index contributed by atoms with van der Waals surface area (Å²) in [5, 5.41) is 25.9. The highest BCUT2D eigenvalue weighted by atomic mass is 16.4. The summed E-state index contributed by atoms with van der Waals surface area (Å²) in [4.78, 5) is 22.5. The van der Waals surface area contributed by atoms with Crippen molar-refractivity contribution in [3.05, 3.63) is 0 Å². The predicted octanol–water partition coefficient (Wildman–Crippen LogP) is 2.80. The van der Waals surface area contributed by atoms with E-state index in [2.05, 4.69) is 24.5 Å². The van der Waals surface area contributed by atoms with Crippen LogP contribution in [0.3, 0.4) is 0 Å². The summed E-state index contributed by atoms with van der Waals surface area (Å²) in [7, 11) is 0. The number of piperidine rings is 1. The van der Waals surface area contributed by atoms with Gasteiger partial charge < -0.3 is 20.8 Å². The zero-order chi connectivity index (χ0) is 21.5. The Morgan fingerprint density at radius 3 is 2.63 bits per heavy atom. The van der Waals surface area contributed by atoms with Crippen molar-refractivity contribution in [2.45, 2.75) is 77.7 Å². The summed E-state index contributed by atoms with van der Waals surface area (Å²) in [6.45, 7) is 6.84. The van der Waals surface area contributed by atoms with Gasteiger partial charge in [0.15, 0.2) is 0 Å². The van der Waals surface area contributed by atoms with Gasteiger partial charge in [-0.15, -0.1) is 0 Å². The molecule has 6 heteroatoms. The molecule has 0 aromatic carbocycles. The number of carboxylic acids is 1. The maximum Gasteiger partial charge on any atom is 0.322 e. The fraction of sp³-hybridized carbons (Fsp3) is 0.917. The van der Waals surface area contributed by atoms with Gasteiger partial charge in [0, 0.05) is 6.42 Å². The number of carbonyl (C=O) groups excluding carboxylic acids is 1. The van der Waals surface area contributed by atoms with Gasteiger partial charge in [-0.3, -0.25) is 9.59 Å². The molecule has 0 spiro atoms. The van der Waals surface area contributed by atoms with Crippen molar-refractivity contribution in [2.75, 3.05) is 19.6 Å². The molecule has 4 rings (SSSR count). The fourth-order valence-electron chi connectivity index (χ4n) is 8.22. The average molecular weight is 421 g/mol. The highest BCUT2D eigenvalue weighted by Gasteiger charge is 2.61. The summed E-state index contributed by atoms with van der Waals surface area (Å²) in [6, 6.07) is 0. The number of aliphatic hydroxyl groups is 1. The minimum atomic E-state index is -0.998. The molecule has 3 aliphatic carbocycles. The maximum atomic E-state index is 11.9. The van der Waals surface area contributed by atoms with Crippen LogP contribution in [-0.2, 0) is 9.59 Å². The van der Waals surface area contributed by atoms with E-state index in [1.54, 1.807) is 0 Å². The number of nitrogens with one attached hydrogen (secondary N) is 2. The van der Waals surface area contributed by atoms with Crippen molar-refractivity contribution in [1.29, 1.82) is 0 Å². The third-order valence-electron chi connectivity index (χ3n) is 9.90. The van der Waals surface area contributed by atoms with E-state index >= 15 is 0 Å². The molecule has 0 aromatic rings. The Morgan fingerprint density at radius 1 is 1.10 bits per heavy atom. The van der Waals surface area contributed by atoms with Crippen LogP contribution in [0.2, 0.25) is 0 Å². The van der Waals surface area contributed by atoms with Gasteiger partial charge in [-0.25, -0.2) is 0 Å². The van der Waals surface area contributed by atoms with Gasteiger partial charge in [0.1, 0.15) is 6.54 Å². The number of carbonyl (C=O) groups is 2. The Bertz CT molecular complexity index is 670. The molecular formula is C24H40N2O4. The number of rotatable bonds is 6. The Labute approximate surface area is 180 Å². The number of aliphatic carboxylic acids is 1. The van der Waals surface area contributed by atoms with E-state index in [9.17, 15) is 14.7 Å². The van der Waals surface area contributed by atoms with Gasteiger partial charge in [-0.2, -0.15) is 0 Å². The van der Waals surface area contributed by atoms with Crippen molar-refractivity contribution >= 4 is 11.9 Å². The van der Waals surface area contributed by atoms with Crippen LogP contribution in [0.25, 0.3) is 0 Å². The van der Waals surface area contributed by atoms with Gasteiger partial charge in [0.2, 0.25) is 5.91 Å². The normalized spacial score (nSPS) is 45.2. The topological polar surface area (TPSA) is 98.7 Å². The lowest BCUT2D eigenvalue weighted by atomic mass is 9.45. The number of hydrogen-bond donors (Lipinski definition) is 4. The van der Waals surface area contributed by atoms with Gasteiger partial charge in [-0.1, -0.05) is 13.8 Å². The molecule has 8 atom stereocenters. The van der Waals surface area contributed by atoms with E-state index in [0.29, 0.717) is 41.4 Å². The van der Waals surface area contributed by atoms with Crippen molar-refractivity contribution < 1.29 is 19.8 Å². The Hall–Kier alpha value is -1.14. The first-order chi connectivity index (χ1) is 14.3. The quantitative estimate of drug-likeness (QED) is 0.530. The Kier molecular flexibility index (Phi) is 6.19. The summed E-state index contributed by atoms with van der Waals surface area (Å²) >= 11 is 0. The predicted molar refractivity (Wildman–Crippen MR) is 115 cm³/mol. The first kappa shape index (κ1) is 22.1. The first-order valence-electron chi connectivity index (χ1n) is 12.1. The summed E-state index contributed by atoms with van der Waals surface area (Å²) in [6.07, 6.45) is 9.18. The number of aliphatic hydroxyl groups excluding tert-OH is 1. The standard InChI is InChI=1S/C24H40N2O4/c1-23-9-8-18-22(19(27)12-16-13-25-11-10-24(16,18)2)17(23)7-6-15(23)4-3-5-20(28)26-14-21(29)30/h15-19,22,25,27H,3-14H2,1-2H3,(H,26,28)(H,29,30)/t15?,16-,17?,18?,19+,22+,23-,24+/m1/s1. The lowest BCUT2D eigenvalue weighted by molar-refractivity contribution is -0.159. The van der Waals surface area contributed by atoms with Crippen molar-refractivity contribution in [3.63, 3.8) is 0 Å². The zero-order valence-electron chi connectivity index (χ0n) is 18.7. The van der Waals surface area contributed by atoms with Gasteiger partial charge in [-0.05, 0) is 105 Å². The van der Waals surface area contributed by atoms with Crippen molar-refractivity contribution in [2.24, 2.45) is 40.4 Å². The summed E-state index contributed by atoms with van der Waals surface area (Å²) in [5.41, 5.74) is 0.645. The molecule has 170 valence electrons. The second kappa shape index (κ2) is 8.42. The molecule has 1 aliphatic heterocycles. The molecule has 1 saturated heterocycles.